The van der Waals surface area contributed by atoms with Crippen molar-refractivity contribution in [1.29, 1.82) is 0 Å². The molecular formula is C13H14N4O2S. The quantitative estimate of drug-likeness (QED) is 0.759. The van der Waals surface area contributed by atoms with Gasteiger partial charge in [-0.2, -0.15) is 0 Å². The summed E-state index contributed by atoms with van der Waals surface area (Å²) in [6.45, 7) is -0.222. The minimum atomic E-state index is -0.362. The summed E-state index contributed by atoms with van der Waals surface area (Å²) < 4.78 is 0. The Morgan fingerprint density at radius 2 is 1.95 bits per heavy atom. The zero-order chi connectivity index (χ0) is 14.4. The van der Waals surface area contributed by atoms with Gasteiger partial charge in [0.05, 0.1) is 13.1 Å². The number of carbonyl (C=O) groups excluding carboxylic acids is 2. The van der Waals surface area contributed by atoms with Crippen molar-refractivity contribution in [1.82, 2.24) is 10.3 Å². The van der Waals surface area contributed by atoms with Gasteiger partial charge in [0, 0.05) is 22.8 Å². The van der Waals surface area contributed by atoms with E-state index >= 15 is 0 Å². The van der Waals surface area contributed by atoms with E-state index in [1.54, 1.807) is 29.7 Å². The molecule has 1 aromatic heterocycles. The number of benzene rings is 1. The second-order valence-corrected chi connectivity index (χ2v) is 4.84. The van der Waals surface area contributed by atoms with Crippen LogP contribution in [0.2, 0.25) is 0 Å². The molecule has 1 aromatic carbocycles. The van der Waals surface area contributed by atoms with Crippen molar-refractivity contribution in [2.24, 2.45) is 5.73 Å². The fraction of sp³-hybridized carbons (Fsp3) is 0.154. The number of anilines is 1. The summed E-state index contributed by atoms with van der Waals surface area (Å²) in [5.74, 6) is -0.659. The molecule has 4 N–H and O–H groups in total. The van der Waals surface area contributed by atoms with Crippen molar-refractivity contribution in [3.63, 3.8) is 0 Å². The molecule has 6 nitrogen and oxygen atoms in total. The van der Waals surface area contributed by atoms with Gasteiger partial charge in [-0.15, -0.1) is 11.3 Å². The lowest BCUT2D eigenvalue weighted by Gasteiger charge is -2.06. The monoisotopic (exact) mass is 290 g/mol. The highest BCUT2D eigenvalue weighted by Gasteiger charge is 2.05. The van der Waals surface area contributed by atoms with Gasteiger partial charge in [0.25, 0.3) is 0 Å². The zero-order valence-corrected chi connectivity index (χ0v) is 11.4. The van der Waals surface area contributed by atoms with Crippen molar-refractivity contribution < 1.29 is 9.59 Å². The highest BCUT2D eigenvalue weighted by molar-refractivity contribution is 7.13. The molecule has 104 valence electrons. The van der Waals surface area contributed by atoms with Gasteiger partial charge in [-0.25, -0.2) is 4.98 Å². The number of rotatable bonds is 5. The van der Waals surface area contributed by atoms with E-state index in [0.29, 0.717) is 5.69 Å². The largest absolute Gasteiger partial charge is 0.346 e. The highest BCUT2D eigenvalue weighted by Crippen LogP contribution is 2.23. The van der Waals surface area contributed by atoms with Crippen LogP contribution in [0.4, 0.5) is 5.69 Å². The van der Waals surface area contributed by atoms with Gasteiger partial charge in [-0.3, -0.25) is 9.59 Å². The standard InChI is InChI=1S/C13H14N4O2S/c14-7-11(18)16-8-12(19)17-10-3-1-9(2-4-10)13-15-5-6-20-13/h1-6H,7-8,14H2,(H,16,18)(H,17,19). The SMILES string of the molecule is NCC(=O)NCC(=O)Nc1ccc(-c2nccs2)cc1. The number of thiazole rings is 1. The van der Waals surface area contributed by atoms with Crippen molar-refractivity contribution in [2.75, 3.05) is 18.4 Å². The van der Waals surface area contributed by atoms with Crippen LogP contribution in [-0.4, -0.2) is 29.9 Å². The molecule has 1 heterocycles. The number of carbonyl (C=O) groups is 2. The van der Waals surface area contributed by atoms with Crippen LogP contribution in [0.3, 0.4) is 0 Å². The second-order valence-electron chi connectivity index (χ2n) is 3.94. The third-order valence-electron chi connectivity index (χ3n) is 2.48. The smallest absolute Gasteiger partial charge is 0.243 e. The fourth-order valence-electron chi connectivity index (χ4n) is 1.52. The van der Waals surface area contributed by atoms with Crippen molar-refractivity contribution >= 4 is 28.8 Å². The maximum atomic E-state index is 11.6. The first-order chi connectivity index (χ1) is 9.69. The van der Waals surface area contributed by atoms with Crippen molar-refractivity contribution in [2.45, 2.75) is 0 Å². The number of hydrogen-bond donors (Lipinski definition) is 3. The van der Waals surface area contributed by atoms with Crippen LogP contribution in [0.5, 0.6) is 0 Å². The third-order valence-corrected chi connectivity index (χ3v) is 3.30. The molecule has 20 heavy (non-hydrogen) atoms. The van der Waals surface area contributed by atoms with Crippen LogP contribution < -0.4 is 16.4 Å². The first kappa shape index (κ1) is 14.2. The number of amides is 2. The van der Waals surface area contributed by atoms with Gasteiger partial charge in [-0.05, 0) is 24.3 Å². The Labute approximate surface area is 120 Å². The van der Waals surface area contributed by atoms with Crippen LogP contribution in [-0.2, 0) is 9.59 Å². The molecule has 0 saturated carbocycles. The maximum absolute atomic E-state index is 11.6. The molecule has 0 spiro atoms. The third kappa shape index (κ3) is 3.87. The highest BCUT2D eigenvalue weighted by atomic mass is 32.1. The minimum absolute atomic E-state index is 0.0930. The van der Waals surface area contributed by atoms with Crippen LogP contribution in [0, 0.1) is 0 Å². The molecular weight excluding hydrogens is 276 g/mol. The van der Waals surface area contributed by atoms with Gasteiger partial charge >= 0.3 is 0 Å². The second kappa shape index (κ2) is 6.78. The molecule has 0 unspecified atom stereocenters. The first-order valence-corrected chi connectivity index (χ1v) is 6.83. The lowest BCUT2D eigenvalue weighted by molar-refractivity contribution is -0.123. The van der Waals surface area contributed by atoms with E-state index in [1.807, 2.05) is 17.5 Å². The van der Waals surface area contributed by atoms with Crippen molar-refractivity contribution in [3.05, 3.63) is 35.8 Å². The molecule has 2 aromatic rings. The summed E-state index contributed by atoms with van der Waals surface area (Å²) in [5, 5.41) is 7.92. The molecule has 0 bridgehead atoms. The predicted octanol–water partition coefficient (Wildman–Crippen LogP) is 0.823. The summed E-state index contributed by atoms with van der Waals surface area (Å²) in [7, 11) is 0. The molecule has 7 heteroatoms. The zero-order valence-electron chi connectivity index (χ0n) is 10.6. The Balaban J connectivity index is 1.90. The van der Waals surface area contributed by atoms with Crippen LogP contribution in [0.25, 0.3) is 10.6 Å². The molecule has 0 aliphatic carbocycles. The summed E-state index contributed by atoms with van der Waals surface area (Å²) in [6.07, 6.45) is 1.75. The van der Waals surface area contributed by atoms with E-state index in [0.717, 1.165) is 10.6 Å². The normalized spacial score (nSPS) is 10.1. The van der Waals surface area contributed by atoms with Gasteiger partial charge in [0.1, 0.15) is 5.01 Å². The number of hydrogen-bond acceptors (Lipinski definition) is 5. The lowest BCUT2D eigenvalue weighted by Crippen LogP contribution is -2.36. The van der Waals surface area contributed by atoms with E-state index in [4.69, 9.17) is 5.73 Å². The maximum Gasteiger partial charge on any atom is 0.243 e. The minimum Gasteiger partial charge on any atom is -0.346 e. The summed E-state index contributed by atoms with van der Waals surface area (Å²) >= 11 is 1.55. The van der Waals surface area contributed by atoms with Gasteiger partial charge in [-0.1, -0.05) is 0 Å². The molecule has 0 saturated heterocycles. The first-order valence-electron chi connectivity index (χ1n) is 5.95. The average molecular weight is 290 g/mol. The van der Waals surface area contributed by atoms with Crippen LogP contribution in [0.1, 0.15) is 0 Å². The Hall–Kier alpha value is -2.25. The Bertz CT molecular complexity index is 581. The molecule has 2 amide bonds. The Morgan fingerprint density at radius 3 is 2.55 bits per heavy atom. The molecule has 0 atom stereocenters. The topological polar surface area (TPSA) is 97.1 Å². The van der Waals surface area contributed by atoms with Crippen molar-refractivity contribution in [3.8, 4) is 10.6 Å². The number of nitrogens with zero attached hydrogens (tertiary/aromatic N) is 1. The number of nitrogens with one attached hydrogen (secondary N) is 2. The number of aromatic nitrogens is 1. The molecule has 0 fully saturated rings. The van der Waals surface area contributed by atoms with E-state index < -0.39 is 0 Å². The number of nitrogens with two attached hydrogens (primary N) is 1. The Morgan fingerprint density at radius 1 is 1.20 bits per heavy atom. The van der Waals surface area contributed by atoms with Gasteiger partial charge in [0.2, 0.25) is 11.8 Å². The molecule has 0 aliphatic rings. The predicted molar refractivity (Wildman–Crippen MR) is 78.2 cm³/mol. The summed E-state index contributed by atoms with van der Waals surface area (Å²) in [6, 6.07) is 7.35. The summed E-state index contributed by atoms with van der Waals surface area (Å²) in [4.78, 5) is 26.7. The van der Waals surface area contributed by atoms with Crippen LogP contribution >= 0.6 is 11.3 Å². The van der Waals surface area contributed by atoms with E-state index in [1.165, 1.54) is 0 Å². The van der Waals surface area contributed by atoms with E-state index in [-0.39, 0.29) is 24.9 Å². The average Bonchev–Trinajstić information content (AvgIpc) is 2.99. The lowest BCUT2D eigenvalue weighted by atomic mass is 10.2. The van der Waals surface area contributed by atoms with Gasteiger partial charge < -0.3 is 16.4 Å². The fourth-order valence-corrected chi connectivity index (χ4v) is 2.16. The van der Waals surface area contributed by atoms with Gasteiger partial charge in [0.15, 0.2) is 0 Å². The molecule has 0 aliphatic heterocycles. The van der Waals surface area contributed by atoms with E-state index in [9.17, 15) is 9.59 Å². The Kier molecular flexibility index (Phi) is 4.80. The summed E-state index contributed by atoms with van der Waals surface area (Å²) in [5.41, 5.74) is 6.78. The van der Waals surface area contributed by atoms with Crippen LogP contribution in [0.15, 0.2) is 35.8 Å². The molecule has 2 rings (SSSR count). The van der Waals surface area contributed by atoms with E-state index in [2.05, 4.69) is 15.6 Å². The molecule has 0 radical (unpaired) electrons.